The van der Waals surface area contributed by atoms with Crippen LogP contribution in [0.1, 0.15) is 108 Å². The first-order chi connectivity index (χ1) is 18.4. The molecule has 0 unspecified atom stereocenters. The third kappa shape index (κ3) is 3.96. The number of hydrogen-bond donors (Lipinski definition) is 0. The fraction of sp³-hybridized carbons (Fsp3) is 0.714. The van der Waals surface area contributed by atoms with Crippen LogP contribution in [0.4, 0.5) is 0 Å². The Morgan fingerprint density at radius 3 is 1.95 bits per heavy atom. The van der Waals surface area contributed by atoms with Gasteiger partial charge in [-0.2, -0.15) is 0 Å². The molecule has 4 bridgehead atoms. The molecule has 6 atom stereocenters. The summed E-state index contributed by atoms with van der Waals surface area (Å²) in [6.07, 6.45) is 8.47. The molecule has 1 aliphatic heterocycles. The predicted octanol–water partition coefficient (Wildman–Crippen LogP) is 7.18. The largest absolute Gasteiger partial charge is 0.366 e. The molecule has 5 nitrogen and oxygen atoms in total. The van der Waals surface area contributed by atoms with Gasteiger partial charge in [0.05, 0.1) is 22.5 Å². The number of rotatable bonds is 10. The quantitative estimate of drug-likeness (QED) is 0.163. The van der Waals surface area contributed by atoms with Crippen molar-refractivity contribution in [2.24, 2.45) is 39.4 Å². The van der Waals surface area contributed by atoms with Gasteiger partial charge < -0.3 is 4.74 Å². The van der Waals surface area contributed by atoms with Gasteiger partial charge in [-0.3, -0.25) is 19.2 Å². The van der Waals surface area contributed by atoms with Crippen LogP contribution in [0.2, 0.25) is 0 Å². The van der Waals surface area contributed by atoms with Crippen molar-refractivity contribution in [3.8, 4) is 0 Å². The third-order valence-corrected chi connectivity index (χ3v) is 10.8. The minimum absolute atomic E-state index is 0.181. The smallest absolute Gasteiger partial charge is 0.168 e. The van der Waals surface area contributed by atoms with E-state index in [1.54, 1.807) is 13.8 Å². The van der Waals surface area contributed by atoms with E-state index >= 15 is 4.79 Å². The van der Waals surface area contributed by atoms with Crippen molar-refractivity contribution < 1.29 is 23.9 Å². The second-order valence-electron chi connectivity index (χ2n) is 15.1. The van der Waals surface area contributed by atoms with E-state index in [9.17, 15) is 14.4 Å². The molecule has 0 aromatic carbocycles. The average molecular weight is 551 g/mol. The molecule has 4 saturated carbocycles. The van der Waals surface area contributed by atoms with Crippen molar-refractivity contribution in [3.63, 3.8) is 0 Å². The number of Topliss-reactive ketones (excluding diaryl/α,β-unsaturated/α-hetero) is 4. The first-order valence-electron chi connectivity index (χ1n) is 15.1. The summed E-state index contributed by atoms with van der Waals surface area (Å²) in [7, 11) is 0. The molecule has 1 saturated heterocycles. The third-order valence-electron chi connectivity index (χ3n) is 10.8. The van der Waals surface area contributed by atoms with E-state index in [2.05, 4.69) is 19.9 Å². The zero-order valence-electron chi connectivity index (χ0n) is 26.6. The summed E-state index contributed by atoms with van der Waals surface area (Å²) in [6.45, 7) is 21.5. The van der Waals surface area contributed by atoms with Gasteiger partial charge in [0.2, 0.25) is 0 Å². The highest BCUT2D eigenvalue weighted by Crippen LogP contribution is 2.77. The van der Waals surface area contributed by atoms with Gasteiger partial charge >= 0.3 is 0 Å². The molecule has 0 N–H and O–H groups in total. The second kappa shape index (κ2) is 9.71. The topological polar surface area (TPSA) is 80.8 Å². The Hall–Kier alpha value is -2.14. The number of ketones is 4. The molecule has 220 valence electrons. The van der Waals surface area contributed by atoms with E-state index < -0.39 is 44.7 Å². The molecule has 0 radical (unpaired) electrons. The van der Waals surface area contributed by atoms with E-state index in [0.717, 1.165) is 24.0 Å². The molecule has 5 heteroatoms. The van der Waals surface area contributed by atoms with Gasteiger partial charge in [0.25, 0.3) is 0 Å². The molecule has 0 amide bonds. The summed E-state index contributed by atoms with van der Waals surface area (Å²) in [5.74, 6) is -2.55. The highest BCUT2D eigenvalue weighted by Gasteiger charge is 2.88. The molecule has 5 fully saturated rings. The molecule has 5 rings (SSSR count). The minimum atomic E-state index is -1.83. The lowest BCUT2D eigenvalue weighted by Gasteiger charge is -2.71. The lowest BCUT2D eigenvalue weighted by atomic mass is 9.26. The Bertz CT molecular complexity index is 1230. The van der Waals surface area contributed by atoms with Crippen LogP contribution < -0.4 is 0 Å². The number of carbonyl (C=O) groups excluding carboxylic acids is 4. The first kappa shape index (κ1) is 30.8. The van der Waals surface area contributed by atoms with E-state index in [1.165, 1.54) is 5.57 Å². The molecular formula is C35H50O5. The van der Waals surface area contributed by atoms with Crippen LogP contribution in [-0.4, -0.2) is 34.8 Å². The Labute approximate surface area is 241 Å². The van der Waals surface area contributed by atoms with Crippen LogP contribution in [0.15, 0.2) is 34.9 Å². The lowest BCUT2D eigenvalue weighted by molar-refractivity contribution is -0.221. The number of hydrogen-bond acceptors (Lipinski definition) is 5. The van der Waals surface area contributed by atoms with E-state index in [1.807, 2.05) is 60.6 Å². The average Bonchev–Trinajstić information content (AvgIpc) is 3.47. The summed E-state index contributed by atoms with van der Waals surface area (Å²) >= 11 is 0. The van der Waals surface area contributed by atoms with Crippen molar-refractivity contribution in [3.05, 3.63) is 34.9 Å². The SMILES string of the molecule is CC(C)=CCC/C(C)=C/C[C@]12C[C@@H]3[C@H]([C@@H]4OC4(C)C)[C@](CC=C(C)C)(C1=O)C(=O)[C@](C(=O)C(C)C)(C2=O)C3(C)C. The maximum Gasteiger partial charge on any atom is 0.168 e. The number of epoxide rings is 1. The van der Waals surface area contributed by atoms with Crippen LogP contribution in [0.5, 0.6) is 0 Å². The molecular weight excluding hydrogens is 500 g/mol. The fourth-order valence-corrected chi connectivity index (χ4v) is 8.57. The Morgan fingerprint density at radius 2 is 1.45 bits per heavy atom. The van der Waals surface area contributed by atoms with Crippen molar-refractivity contribution >= 4 is 23.1 Å². The molecule has 0 spiro atoms. The van der Waals surface area contributed by atoms with Gasteiger partial charge in [-0.15, -0.1) is 0 Å². The van der Waals surface area contributed by atoms with Gasteiger partial charge in [-0.25, -0.2) is 0 Å². The predicted molar refractivity (Wildman–Crippen MR) is 158 cm³/mol. The zero-order chi connectivity index (χ0) is 30.2. The van der Waals surface area contributed by atoms with E-state index in [0.29, 0.717) is 6.42 Å². The fourth-order valence-electron chi connectivity index (χ4n) is 8.57. The summed E-state index contributed by atoms with van der Waals surface area (Å²) in [5.41, 5.74) is -2.65. The van der Waals surface area contributed by atoms with Crippen molar-refractivity contribution in [2.45, 2.75) is 120 Å². The van der Waals surface area contributed by atoms with E-state index in [-0.39, 0.29) is 42.3 Å². The van der Waals surface area contributed by atoms with Gasteiger partial charge in [0, 0.05) is 11.8 Å². The van der Waals surface area contributed by atoms with Crippen molar-refractivity contribution in [1.29, 1.82) is 0 Å². The van der Waals surface area contributed by atoms with Gasteiger partial charge in [-0.1, -0.05) is 62.6 Å². The zero-order valence-corrected chi connectivity index (χ0v) is 26.6. The summed E-state index contributed by atoms with van der Waals surface area (Å²) in [6, 6.07) is 0. The lowest BCUT2D eigenvalue weighted by Crippen LogP contribution is -2.84. The van der Waals surface area contributed by atoms with Crippen LogP contribution in [0, 0.1) is 39.4 Å². The maximum atomic E-state index is 15.1. The Balaban J connectivity index is 1.97. The normalized spacial score (nSPS) is 37.1. The minimum Gasteiger partial charge on any atom is -0.366 e. The Kier molecular flexibility index (Phi) is 7.48. The van der Waals surface area contributed by atoms with Crippen molar-refractivity contribution in [2.75, 3.05) is 0 Å². The highest BCUT2D eigenvalue weighted by atomic mass is 16.6. The van der Waals surface area contributed by atoms with Gasteiger partial charge in [0.1, 0.15) is 0 Å². The number of ether oxygens (including phenoxy) is 1. The molecule has 1 heterocycles. The molecule has 4 aliphatic carbocycles. The van der Waals surface area contributed by atoms with Crippen LogP contribution in [0.3, 0.4) is 0 Å². The molecule has 0 aromatic heterocycles. The molecule has 5 aliphatic rings. The molecule has 40 heavy (non-hydrogen) atoms. The number of carbonyl (C=O) groups is 4. The summed E-state index contributed by atoms with van der Waals surface area (Å²) < 4.78 is 6.20. The van der Waals surface area contributed by atoms with Gasteiger partial charge in [0.15, 0.2) is 28.5 Å². The second-order valence-corrected chi connectivity index (χ2v) is 15.1. The first-order valence-corrected chi connectivity index (χ1v) is 15.1. The highest BCUT2D eigenvalue weighted by molar-refractivity contribution is 6.41. The molecule has 0 aromatic rings. The van der Waals surface area contributed by atoms with Gasteiger partial charge in [-0.05, 0) is 91.9 Å². The summed E-state index contributed by atoms with van der Waals surface area (Å²) in [5, 5.41) is 0. The summed E-state index contributed by atoms with van der Waals surface area (Å²) in [4.78, 5) is 59.2. The standard InChI is InChI=1S/C35H50O5/c1-20(2)13-12-14-23(7)16-17-33-19-24-25(27-32(10,11)40-27)34(28(33)37,18-15-21(3)4)30(39)35(29(33)38,31(24,8)9)26(36)22(5)6/h13,15-16,22,24-25,27H,12,14,17-19H2,1-11H3/b23-16+/t24-,25-,27+,33+,34-,35+/m1/s1. The monoisotopic (exact) mass is 550 g/mol. The maximum absolute atomic E-state index is 15.1. The number of allylic oxidation sites excluding steroid dienone is 6. The van der Waals surface area contributed by atoms with Crippen LogP contribution in [-0.2, 0) is 23.9 Å². The van der Waals surface area contributed by atoms with Crippen LogP contribution >= 0.6 is 0 Å². The van der Waals surface area contributed by atoms with Crippen LogP contribution in [0.25, 0.3) is 0 Å². The van der Waals surface area contributed by atoms with E-state index in [4.69, 9.17) is 4.74 Å². The Morgan fingerprint density at radius 1 is 0.875 bits per heavy atom. The van der Waals surface area contributed by atoms with Crippen molar-refractivity contribution in [1.82, 2.24) is 0 Å².